The van der Waals surface area contributed by atoms with Gasteiger partial charge in [-0.2, -0.15) is 0 Å². The van der Waals surface area contributed by atoms with Crippen LogP contribution in [0.4, 0.5) is 0 Å². The molecule has 0 aromatic heterocycles. The van der Waals surface area contributed by atoms with Gasteiger partial charge in [0.05, 0.1) is 5.75 Å². The van der Waals surface area contributed by atoms with Crippen LogP contribution in [0.3, 0.4) is 0 Å². The number of nitrogens with zero attached hydrogens (tertiary/aromatic N) is 1. The van der Waals surface area contributed by atoms with Crippen molar-refractivity contribution in [1.82, 2.24) is 4.90 Å². The molecular formula is C13H19NO2S. The summed E-state index contributed by atoms with van der Waals surface area (Å²) < 4.78 is 22.3. The number of benzene rings is 1. The van der Waals surface area contributed by atoms with Gasteiger partial charge in [0.25, 0.3) is 0 Å². The fourth-order valence-electron chi connectivity index (χ4n) is 2.46. The molecule has 0 saturated heterocycles. The van der Waals surface area contributed by atoms with E-state index in [-0.39, 0.29) is 5.75 Å². The molecule has 1 atom stereocenters. The molecule has 1 unspecified atom stereocenters. The van der Waals surface area contributed by atoms with Gasteiger partial charge in [0.1, 0.15) is 9.84 Å². The van der Waals surface area contributed by atoms with E-state index in [1.54, 1.807) is 0 Å². The molecule has 1 aromatic rings. The van der Waals surface area contributed by atoms with E-state index in [0.717, 1.165) is 12.8 Å². The lowest BCUT2D eigenvalue weighted by Gasteiger charge is -2.24. The Labute approximate surface area is 103 Å². The summed E-state index contributed by atoms with van der Waals surface area (Å²) in [7, 11) is -0.856. The number of rotatable bonds is 4. The molecule has 1 aromatic carbocycles. The molecule has 0 bridgehead atoms. The van der Waals surface area contributed by atoms with Crippen LogP contribution < -0.4 is 0 Å². The fraction of sp³-hybridized carbons (Fsp3) is 0.538. The van der Waals surface area contributed by atoms with E-state index in [0.29, 0.717) is 12.6 Å². The summed E-state index contributed by atoms with van der Waals surface area (Å²) in [5, 5.41) is 0. The Morgan fingerprint density at radius 1 is 1.35 bits per heavy atom. The Bertz CT molecular complexity index is 496. The van der Waals surface area contributed by atoms with Crippen LogP contribution in [0.25, 0.3) is 0 Å². The van der Waals surface area contributed by atoms with Crippen molar-refractivity contribution in [2.75, 3.05) is 25.6 Å². The third kappa shape index (κ3) is 3.07. The van der Waals surface area contributed by atoms with Crippen molar-refractivity contribution in [3.8, 4) is 0 Å². The highest BCUT2D eigenvalue weighted by molar-refractivity contribution is 7.90. The van der Waals surface area contributed by atoms with Crippen molar-refractivity contribution < 1.29 is 8.42 Å². The standard InChI is InChI=1S/C13H19NO2S/c1-14(9-10-17(2,15)16)13-8-7-11-5-3-4-6-12(11)13/h3-6,13H,7-10H2,1-2H3. The normalized spacial score (nSPS) is 19.6. The van der Waals surface area contributed by atoms with Gasteiger partial charge < -0.3 is 0 Å². The quantitative estimate of drug-likeness (QED) is 0.819. The molecular weight excluding hydrogens is 234 g/mol. The summed E-state index contributed by atoms with van der Waals surface area (Å²) in [5.41, 5.74) is 2.77. The van der Waals surface area contributed by atoms with Gasteiger partial charge in [-0.15, -0.1) is 0 Å². The highest BCUT2D eigenvalue weighted by Crippen LogP contribution is 2.34. The van der Waals surface area contributed by atoms with E-state index in [1.165, 1.54) is 17.4 Å². The van der Waals surface area contributed by atoms with Crippen LogP contribution in [-0.4, -0.2) is 38.9 Å². The van der Waals surface area contributed by atoms with E-state index in [4.69, 9.17) is 0 Å². The predicted molar refractivity (Wildman–Crippen MR) is 69.8 cm³/mol. The molecule has 0 spiro atoms. The Balaban J connectivity index is 2.05. The maximum absolute atomic E-state index is 11.2. The van der Waals surface area contributed by atoms with Crippen molar-refractivity contribution in [3.05, 3.63) is 35.4 Å². The highest BCUT2D eigenvalue weighted by atomic mass is 32.2. The zero-order valence-corrected chi connectivity index (χ0v) is 11.2. The summed E-state index contributed by atoms with van der Waals surface area (Å²) >= 11 is 0. The van der Waals surface area contributed by atoms with Crippen LogP contribution in [0.15, 0.2) is 24.3 Å². The topological polar surface area (TPSA) is 37.4 Å². The minimum absolute atomic E-state index is 0.238. The average molecular weight is 253 g/mol. The third-order valence-electron chi connectivity index (χ3n) is 3.45. The lowest BCUT2D eigenvalue weighted by atomic mass is 10.1. The zero-order chi connectivity index (χ0) is 12.5. The summed E-state index contributed by atoms with van der Waals surface area (Å²) in [6.45, 7) is 0.609. The van der Waals surface area contributed by atoms with E-state index >= 15 is 0 Å². The molecule has 3 nitrogen and oxygen atoms in total. The fourth-order valence-corrected chi connectivity index (χ4v) is 3.08. The number of hydrogen-bond donors (Lipinski definition) is 0. The molecule has 0 amide bonds. The van der Waals surface area contributed by atoms with Crippen LogP contribution in [-0.2, 0) is 16.3 Å². The van der Waals surface area contributed by atoms with Gasteiger partial charge in [-0.3, -0.25) is 4.90 Å². The van der Waals surface area contributed by atoms with Gasteiger partial charge in [0.15, 0.2) is 0 Å². The van der Waals surface area contributed by atoms with Crippen molar-refractivity contribution in [2.45, 2.75) is 18.9 Å². The second-order valence-corrected chi connectivity index (χ2v) is 7.12. The molecule has 2 rings (SSSR count). The van der Waals surface area contributed by atoms with Gasteiger partial charge in [-0.05, 0) is 31.0 Å². The summed E-state index contributed by atoms with van der Waals surface area (Å²) in [6, 6.07) is 8.83. The molecule has 0 fully saturated rings. The molecule has 1 aliphatic rings. The Hall–Kier alpha value is -0.870. The van der Waals surface area contributed by atoms with Gasteiger partial charge in [-0.1, -0.05) is 24.3 Å². The molecule has 4 heteroatoms. The second-order valence-electron chi connectivity index (χ2n) is 4.86. The first-order valence-corrected chi connectivity index (χ1v) is 7.99. The van der Waals surface area contributed by atoms with Crippen LogP contribution in [0, 0.1) is 0 Å². The largest absolute Gasteiger partial charge is 0.298 e. The molecule has 0 N–H and O–H groups in total. The molecule has 0 heterocycles. The average Bonchev–Trinajstić information content (AvgIpc) is 2.68. The SMILES string of the molecule is CN(CCS(C)(=O)=O)C1CCc2ccccc21. The molecule has 17 heavy (non-hydrogen) atoms. The molecule has 1 aliphatic carbocycles. The summed E-state index contributed by atoms with van der Waals surface area (Å²) in [5.74, 6) is 0.238. The first-order valence-electron chi connectivity index (χ1n) is 5.93. The minimum Gasteiger partial charge on any atom is -0.298 e. The van der Waals surface area contributed by atoms with Crippen LogP contribution in [0.5, 0.6) is 0 Å². The van der Waals surface area contributed by atoms with E-state index in [1.807, 2.05) is 7.05 Å². The van der Waals surface area contributed by atoms with E-state index in [2.05, 4.69) is 29.2 Å². The molecule has 94 valence electrons. The predicted octanol–water partition coefficient (Wildman–Crippen LogP) is 1.65. The van der Waals surface area contributed by atoms with Crippen molar-refractivity contribution >= 4 is 9.84 Å². The lowest BCUT2D eigenvalue weighted by Crippen LogP contribution is -2.28. The van der Waals surface area contributed by atoms with Gasteiger partial charge in [-0.25, -0.2) is 8.42 Å². The molecule has 0 radical (unpaired) electrons. The highest BCUT2D eigenvalue weighted by Gasteiger charge is 2.25. The van der Waals surface area contributed by atoms with E-state index in [9.17, 15) is 8.42 Å². The molecule has 0 aliphatic heterocycles. The summed E-state index contributed by atoms with van der Waals surface area (Å²) in [6.07, 6.45) is 3.49. The Kier molecular flexibility index (Phi) is 3.54. The summed E-state index contributed by atoms with van der Waals surface area (Å²) in [4.78, 5) is 2.16. The molecule has 0 saturated carbocycles. The van der Waals surface area contributed by atoms with Crippen molar-refractivity contribution in [2.24, 2.45) is 0 Å². The van der Waals surface area contributed by atoms with Crippen molar-refractivity contribution in [3.63, 3.8) is 0 Å². The first-order chi connectivity index (χ1) is 7.97. The minimum atomic E-state index is -2.87. The lowest BCUT2D eigenvalue weighted by molar-refractivity contribution is 0.258. The van der Waals surface area contributed by atoms with Crippen LogP contribution in [0.2, 0.25) is 0 Å². The number of fused-ring (bicyclic) bond motifs is 1. The maximum atomic E-state index is 11.2. The number of hydrogen-bond acceptors (Lipinski definition) is 3. The van der Waals surface area contributed by atoms with Gasteiger partial charge in [0, 0.05) is 18.8 Å². The monoisotopic (exact) mass is 253 g/mol. The van der Waals surface area contributed by atoms with Crippen LogP contribution in [0.1, 0.15) is 23.6 Å². The van der Waals surface area contributed by atoms with Crippen LogP contribution >= 0.6 is 0 Å². The smallest absolute Gasteiger partial charge is 0.148 e. The van der Waals surface area contributed by atoms with Crippen molar-refractivity contribution in [1.29, 1.82) is 0 Å². The second kappa shape index (κ2) is 4.78. The number of aryl methyl sites for hydroxylation is 1. The van der Waals surface area contributed by atoms with Gasteiger partial charge in [0.2, 0.25) is 0 Å². The van der Waals surface area contributed by atoms with E-state index < -0.39 is 9.84 Å². The number of sulfone groups is 1. The zero-order valence-electron chi connectivity index (χ0n) is 10.4. The Morgan fingerprint density at radius 2 is 2.06 bits per heavy atom. The third-order valence-corrected chi connectivity index (χ3v) is 4.37. The first kappa shape index (κ1) is 12.6. The Morgan fingerprint density at radius 3 is 2.76 bits per heavy atom. The maximum Gasteiger partial charge on any atom is 0.148 e. The van der Waals surface area contributed by atoms with Gasteiger partial charge >= 0.3 is 0 Å².